The van der Waals surface area contributed by atoms with Crippen LogP contribution in [0.5, 0.6) is 0 Å². The van der Waals surface area contributed by atoms with Crippen LogP contribution >= 0.6 is 23.4 Å². The van der Waals surface area contributed by atoms with E-state index in [1.807, 2.05) is 18.2 Å². The molecule has 0 radical (unpaired) electrons. The molecule has 1 N–H and O–H groups in total. The lowest BCUT2D eigenvalue weighted by Crippen LogP contribution is -2.19. The van der Waals surface area contributed by atoms with Crippen molar-refractivity contribution in [1.82, 2.24) is 5.32 Å². The molecule has 0 aromatic heterocycles. The number of hydrogen-bond donors (Lipinski definition) is 1. The smallest absolute Gasteiger partial charge is 0.0545 e. The van der Waals surface area contributed by atoms with E-state index in [4.69, 9.17) is 11.6 Å². The summed E-state index contributed by atoms with van der Waals surface area (Å²) in [5, 5.41) is 4.30. The zero-order valence-corrected chi connectivity index (χ0v) is 13.5. The monoisotopic (exact) mass is 305 g/mol. The molecule has 2 aromatic rings. The van der Waals surface area contributed by atoms with E-state index in [0.29, 0.717) is 5.92 Å². The first-order chi connectivity index (χ1) is 9.66. The standard InChI is InChI=1S/C17H20ClNS/c1-13(2)11-19-12-14-7-3-5-9-16(14)20-17-10-6-4-8-15(17)18/h3-10,13,19H,11-12H2,1-2H3. The van der Waals surface area contributed by atoms with Gasteiger partial charge in [0.2, 0.25) is 0 Å². The molecule has 2 aromatic carbocycles. The van der Waals surface area contributed by atoms with Crippen molar-refractivity contribution in [1.29, 1.82) is 0 Å². The van der Waals surface area contributed by atoms with Crippen molar-refractivity contribution >= 4 is 23.4 Å². The summed E-state index contributed by atoms with van der Waals surface area (Å²) < 4.78 is 0. The lowest BCUT2D eigenvalue weighted by molar-refractivity contribution is 0.550. The van der Waals surface area contributed by atoms with Crippen LogP contribution in [0.25, 0.3) is 0 Å². The van der Waals surface area contributed by atoms with E-state index in [9.17, 15) is 0 Å². The van der Waals surface area contributed by atoms with E-state index in [1.54, 1.807) is 11.8 Å². The van der Waals surface area contributed by atoms with Gasteiger partial charge in [0.25, 0.3) is 0 Å². The predicted molar refractivity (Wildman–Crippen MR) is 88.6 cm³/mol. The first-order valence-corrected chi connectivity index (χ1v) is 8.07. The van der Waals surface area contributed by atoms with Crippen molar-refractivity contribution in [2.45, 2.75) is 30.2 Å². The first-order valence-electron chi connectivity index (χ1n) is 6.88. The Bertz CT molecular complexity index is 554. The van der Waals surface area contributed by atoms with Crippen molar-refractivity contribution in [3.05, 3.63) is 59.1 Å². The van der Waals surface area contributed by atoms with Crippen molar-refractivity contribution in [2.75, 3.05) is 6.54 Å². The van der Waals surface area contributed by atoms with E-state index in [1.165, 1.54) is 10.5 Å². The van der Waals surface area contributed by atoms with E-state index < -0.39 is 0 Å². The highest BCUT2D eigenvalue weighted by Crippen LogP contribution is 2.34. The molecule has 0 atom stereocenters. The molecule has 0 saturated heterocycles. The Hall–Kier alpha value is -0.960. The van der Waals surface area contributed by atoms with Crippen LogP contribution in [0, 0.1) is 5.92 Å². The van der Waals surface area contributed by atoms with Crippen LogP contribution in [-0.2, 0) is 6.54 Å². The fraction of sp³-hybridized carbons (Fsp3) is 0.294. The van der Waals surface area contributed by atoms with E-state index in [0.717, 1.165) is 23.0 Å². The third kappa shape index (κ3) is 4.55. The SMILES string of the molecule is CC(C)CNCc1ccccc1Sc1ccccc1Cl. The highest BCUT2D eigenvalue weighted by Gasteiger charge is 2.06. The molecule has 0 aliphatic heterocycles. The second kappa shape index (κ2) is 7.72. The fourth-order valence-electron chi connectivity index (χ4n) is 1.89. The number of rotatable bonds is 6. The highest BCUT2D eigenvalue weighted by molar-refractivity contribution is 7.99. The van der Waals surface area contributed by atoms with Crippen molar-refractivity contribution in [2.24, 2.45) is 5.92 Å². The van der Waals surface area contributed by atoms with Gasteiger partial charge in [-0.1, -0.05) is 67.5 Å². The van der Waals surface area contributed by atoms with Crippen LogP contribution in [0.4, 0.5) is 0 Å². The van der Waals surface area contributed by atoms with Crippen LogP contribution in [0.15, 0.2) is 58.3 Å². The Balaban J connectivity index is 2.10. The van der Waals surface area contributed by atoms with Gasteiger partial charge in [-0.15, -0.1) is 0 Å². The third-order valence-corrected chi connectivity index (χ3v) is 4.53. The third-order valence-electron chi connectivity index (χ3n) is 2.90. The Morgan fingerprint density at radius 1 is 1.00 bits per heavy atom. The van der Waals surface area contributed by atoms with E-state index in [-0.39, 0.29) is 0 Å². The first kappa shape index (κ1) is 15.4. The van der Waals surface area contributed by atoms with Gasteiger partial charge in [0.1, 0.15) is 0 Å². The molecule has 0 aliphatic carbocycles. The van der Waals surface area contributed by atoms with Crippen LogP contribution in [0.2, 0.25) is 5.02 Å². The Labute approximate surface area is 130 Å². The molecular weight excluding hydrogens is 286 g/mol. The molecule has 0 amide bonds. The molecule has 1 nitrogen and oxygen atoms in total. The van der Waals surface area contributed by atoms with Gasteiger partial charge >= 0.3 is 0 Å². The lowest BCUT2D eigenvalue weighted by atomic mass is 10.2. The molecule has 0 aliphatic rings. The van der Waals surface area contributed by atoms with E-state index in [2.05, 4.69) is 49.5 Å². The minimum atomic E-state index is 0.665. The van der Waals surface area contributed by atoms with Crippen molar-refractivity contribution < 1.29 is 0 Å². The van der Waals surface area contributed by atoms with Crippen LogP contribution in [-0.4, -0.2) is 6.54 Å². The minimum Gasteiger partial charge on any atom is -0.312 e. The summed E-state index contributed by atoms with van der Waals surface area (Å²) in [5.74, 6) is 0.665. The predicted octanol–water partition coefficient (Wildman–Crippen LogP) is 5.24. The normalized spacial score (nSPS) is 11.0. The van der Waals surface area contributed by atoms with Gasteiger partial charge in [0, 0.05) is 16.3 Å². The molecule has 0 fully saturated rings. The summed E-state index contributed by atoms with van der Waals surface area (Å²) in [6.45, 7) is 6.37. The number of nitrogens with one attached hydrogen (secondary N) is 1. The topological polar surface area (TPSA) is 12.0 Å². The number of halogens is 1. The summed E-state index contributed by atoms with van der Waals surface area (Å²) in [5.41, 5.74) is 1.32. The molecule has 3 heteroatoms. The van der Waals surface area contributed by atoms with Gasteiger partial charge in [0.15, 0.2) is 0 Å². The largest absolute Gasteiger partial charge is 0.312 e. The molecule has 0 unspecified atom stereocenters. The van der Waals surface area contributed by atoms with Gasteiger partial charge < -0.3 is 5.32 Å². The van der Waals surface area contributed by atoms with Crippen LogP contribution in [0.3, 0.4) is 0 Å². The Morgan fingerprint density at radius 2 is 1.65 bits per heavy atom. The summed E-state index contributed by atoms with van der Waals surface area (Å²) >= 11 is 7.96. The fourth-order valence-corrected chi connectivity index (χ4v) is 3.11. The van der Waals surface area contributed by atoms with E-state index >= 15 is 0 Å². The lowest BCUT2D eigenvalue weighted by Gasteiger charge is -2.12. The quantitative estimate of drug-likeness (QED) is 0.783. The summed E-state index contributed by atoms with van der Waals surface area (Å²) in [7, 11) is 0. The van der Waals surface area contributed by atoms with Gasteiger partial charge in [-0.25, -0.2) is 0 Å². The molecule has 106 valence electrons. The second-order valence-corrected chi connectivity index (χ2v) is 6.66. The second-order valence-electron chi connectivity index (χ2n) is 5.16. The van der Waals surface area contributed by atoms with Gasteiger partial charge in [0.05, 0.1) is 5.02 Å². The summed E-state index contributed by atoms with van der Waals surface area (Å²) in [6, 6.07) is 16.5. The maximum atomic E-state index is 6.24. The average Bonchev–Trinajstić information content (AvgIpc) is 2.43. The number of hydrogen-bond acceptors (Lipinski definition) is 2. The molecule has 20 heavy (non-hydrogen) atoms. The van der Waals surface area contributed by atoms with Gasteiger partial charge in [-0.3, -0.25) is 0 Å². The van der Waals surface area contributed by atoms with Crippen LogP contribution in [0.1, 0.15) is 19.4 Å². The zero-order valence-electron chi connectivity index (χ0n) is 11.9. The number of benzene rings is 2. The summed E-state index contributed by atoms with van der Waals surface area (Å²) in [6.07, 6.45) is 0. The Morgan fingerprint density at radius 3 is 2.35 bits per heavy atom. The maximum Gasteiger partial charge on any atom is 0.0545 e. The molecule has 0 spiro atoms. The van der Waals surface area contributed by atoms with Crippen molar-refractivity contribution in [3.63, 3.8) is 0 Å². The molecule has 2 rings (SSSR count). The van der Waals surface area contributed by atoms with Gasteiger partial charge in [-0.2, -0.15) is 0 Å². The highest BCUT2D eigenvalue weighted by atomic mass is 35.5. The molecule has 0 bridgehead atoms. The van der Waals surface area contributed by atoms with Crippen molar-refractivity contribution in [3.8, 4) is 0 Å². The van der Waals surface area contributed by atoms with Gasteiger partial charge in [-0.05, 0) is 36.2 Å². The molecule has 0 heterocycles. The zero-order chi connectivity index (χ0) is 14.4. The maximum absolute atomic E-state index is 6.24. The minimum absolute atomic E-state index is 0.665. The Kier molecular flexibility index (Phi) is 5.96. The molecule has 0 saturated carbocycles. The molecular formula is C17H20ClNS. The summed E-state index contributed by atoms with van der Waals surface area (Å²) in [4.78, 5) is 2.36. The van der Waals surface area contributed by atoms with Crippen LogP contribution < -0.4 is 5.32 Å². The average molecular weight is 306 g/mol.